The number of Topliss-reactive ketones (excluding diaryl/α,β-unsaturated/α-hetero) is 2. The second kappa shape index (κ2) is 23.0. The Kier molecular flexibility index (Phi) is 16.9. The number of benzene rings is 6. The van der Waals surface area contributed by atoms with Crippen molar-refractivity contribution in [3.05, 3.63) is 201 Å². The lowest BCUT2D eigenvalue weighted by atomic mass is 9.48. The van der Waals surface area contributed by atoms with Crippen LogP contribution in [0.2, 0.25) is 10.0 Å². The van der Waals surface area contributed by atoms with Gasteiger partial charge in [-0.15, -0.1) is 0 Å². The SMILES string of the molecule is CCOC(=O)C(C(=O)OCC)(C(CC(=O)c1ccccc1OCc1ccccc1)c1ccc(Cl)cc1)C(C(=O)O)(C(=O)O)C(CC(=O)c1ccccc1OCc1ccccc1)c1ccc(Cl)cc1. The Labute approximate surface area is 403 Å². The highest BCUT2D eigenvalue weighted by Crippen LogP contribution is 2.61. The van der Waals surface area contributed by atoms with Gasteiger partial charge < -0.3 is 29.2 Å². The molecule has 68 heavy (non-hydrogen) atoms. The van der Waals surface area contributed by atoms with Crippen LogP contribution in [-0.2, 0) is 41.9 Å². The number of carbonyl (C=O) groups excluding carboxylic acids is 4. The minimum Gasteiger partial charge on any atom is -0.488 e. The summed E-state index contributed by atoms with van der Waals surface area (Å²) in [6, 6.07) is 41.3. The molecule has 0 spiro atoms. The van der Waals surface area contributed by atoms with E-state index >= 15 is 14.4 Å². The van der Waals surface area contributed by atoms with Crippen molar-refractivity contribution in [3.63, 3.8) is 0 Å². The van der Waals surface area contributed by atoms with Crippen molar-refractivity contribution < 1.29 is 57.9 Å². The third kappa shape index (κ3) is 10.6. The van der Waals surface area contributed by atoms with Gasteiger partial charge in [-0.2, -0.15) is 0 Å². The van der Waals surface area contributed by atoms with Crippen LogP contribution in [0, 0.1) is 10.8 Å². The average Bonchev–Trinajstić information content (AvgIpc) is 3.34. The van der Waals surface area contributed by atoms with Crippen LogP contribution in [0.4, 0.5) is 0 Å². The van der Waals surface area contributed by atoms with E-state index in [0.29, 0.717) is 0 Å². The van der Waals surface area contributed by atoms with E-state index in [1.165, 1.54) is 80.6 Å². The maximum atomic E-state index is 15.4. The highest BCUT2D eigenvalue weighted by molar-refractivity contribution is 6.31. The van der Waals surface area contributed by atoms with Crippen molar-refractivity contribution in [2.24, 2.45) is 10.8 Å². The van der Waals surface area contributed by atoms with Gasteiger partial charge in [0.25, 0.3) is 0 Å². The molecule has 0 bridgehead atoms. The molecule has 2 N–H and O–H groups in total. The Morgan fingerprint density at radius 1 is 0.471 bits per heavy atom. The summed E-state index contributed by atoms with van der Waals surface area (Å²) in [4.78, 5) is 90.5. The van der Waals surface area contributed by atoms with Crippen LogP contribution < -0.4 is 9.47 Å². The van der Waals surface area contributed by atoms with Crippen molar-refractivity contribution >= 4 is 58.6 Å². The van der Waals surface area contributed by atoms with E-state index in [0.717, 1.165) is 11.1 Å². The monoisotopic (exact) mass is 958 g/mol. The normalized spacial score (nSPS) is 12.2. The molecule has 0 saturated carbocycles. The number of hydrogen-bond acceptors (Lipinski definition) is 10. The van der Waals surface area contributed by atoms with E-state index in [1.54, 1.807) is 30.3 Å². The molecular formula is C54H48Cl2O12. The van der Waals surface area contributed by atoms with Crippen molar-refractivity contribution in [2.75, 3.05) is 13.2 Å². The van der Waals surface area contributed by atoms with E-state index < -0.39 is 84.2 Å². The molecule has 0 heterocycles. The van der Waals surface area contributed by atoms with Gasteiger partial charge in [-0.05, 0) is 84.6 Å². The standard InChI is InChI=1S/C54H48Cl2O12/c1-3-65-51(63)54(52(64)66-4-2,44(38-25-29-40(56)30-26-38)32-46(58)42-20-12-14-22-48(42)68-34-36-17-9-6-10-18-36)53(49(59)60,50(61)62)43(37-23-27-39(55)28-24-37)31-45(57)41-19-11-13-21-47(41)67-33-35-15-7-5-8-16-35/h5-30,43-44H,3-4,31-34H2,1-2H3,(H,59,60)(H,61,62). The average molecular weight is 960 g/mol. The van der Waals surface area contributed by atoms with Crippen LogP contribution in [0.1, 0.15) is 81.5 Å². The van der Waals surface area contributed by atoms with Gasteiger partial charge in [-0.1, -0.05) is 132 Å². The fraction of sp³-hybridized carbons (Fsp3) is 0.222. The van der Waals surface area contributed by atoms with Crippen LogP contribution in [-0.4, -0.2) is 58.9 Å². The first-order valence-corrected chi connectivity index (χ1v) is 22.4. The predicted octanol–water partition coefficient (Wildman–Crippen LogP) is 10.8. The molecule has 12 nitrogen and oxygen atoms in total. The second-order valence-corrected chi connectivity index (χ2v) is 16.5. The summed E-state index contributed by atoms with van der Waals surface area (Å²) in [5.41, 5.74) is -5.94. The molecule has 0 aromatic heterocycles. The summed E-state index contributed by atoms with van der Waals surface area (Å²) >= 11 is 12.7. The van der Waals surface area contributed by atoms with Gasteiger partial charge in [0.1, 0.15) is 24.7 Å². The first-order valence-electron chi connectivity index (χ1n) is 21.7. The lowest BCUT2D eigenvalue weighted by Gasteiger charge is -2.49. The van der Waals surface area contributed by atoms with E-state index in [-0.39, 0.29) is 57.0 Å². The van der Waals surface area contributed by atoms with Crippen LogP contribution in [0.3, 0.4) is 0 Å². The summed E-state index contributed by atoms with van der Waals surface area (Å²) in [6.45, 7) is 1.87. The van der Waals surface area contributed by atoms with E-state index in [9.17, 15) is 24.6 Å². The first kappa shape index (κ1) is 50.1. The van der Waals surface area contributed by atoms with E-state index in [4.69, 9.17) is 42.1 Å². The topological polar surface area (TPSA) is 180 Å². The number of ketones is 2. The van der Waals surface area contributed by atoms with Gasteiger partial charge in [-0.3, -0.25) is 28.8 Å². The number of carboxylic acid groups (broad SMARTS) is 2. The van der Waals surface area contributed by atoms with E-state index in [1.807, 2.05) is 60.7 Å². The smallest absolute Gasteiger partial charge is 0.326 e. The summed E-state index contributed by atoms with van der Waals surface area (Å²) in [5, 5.41) is 24.2. The lowest BCUT2D eigenvalue weighted by molar-refractivity contribution is -0.205. The molecule has 0 aliphatic heterocycles. The van der Waals surface area contributed by atoms with Gasteiger partial charge >= 0.3 is 23.9 Å². The largest absolute Gasteiger partial charge is 0.488 e. The number of rotatable bonds is 23. The van der Waals surface area contributed by atoms with Crippen LogP contribution in [0.25, 0.3) is 0 Å². The molecule has 0 radical (unpaired) electrons. The Morgan fingerprint density at radius 2 is 0.809 bits per heavy atom. The molecule has 0 saturated heterocycles. The number of carboxylic acids is 2. The number of ether oxygens (including phenoxy) is 4. The highest BCUT2D eigenvalue weighted by Gasteiger charge is 2.78. The number of halogens is 2. The fourth-order valence-corrected chi connectivity index (χ4v) is 8.85. The Bertz CT molecular complexity index is 2690. The zero-order valence-corrected chi connectivity index (χ0v) is 38.7. The lowest BCUT2D eigenvalue weighted by Crippen LogP contribution is -2.67. The number of hydrogen-bond donors (Lipinski definition) is 2. The summed E-state index contributed by atoms with van der Waals surface area (Å²) in [7, 11) is 0. The van der Waals surface area contributed by atoms with Gasteiger partial charge in [0.05, 0.1) is 24.3 Å². The number of para-hydroxylation sites is 2. The molecule has 0 amide bonds. The quantitative estimate of drug-likeness (QED) is 0.0353. The number of carbonyl (C=O) groups is 6. The Balaban J connectivity index is 1.63. The first-order chi connectivity index (χ1) is 32.8. The maximum absolute atomic E-state index is 15.4. The molecule has 0 fully saturated rings. The maximum Gasteiger partial charge on any atom is 0.326 e. The fourth-order valence-electron chi connectivity index (χ4n) is 8.60. The van der Waals surface area contributed by atoms with Gasteiger partial charge in [-0.25, -0.2) is 0 Å². The molecule has 0 aliphatic rings. The van der Waals surface area contributed by atoms with Crippen molar-refractivity contribution in [2.45, 2.75) is 51.7 Å². The van der Waals surface area contributed by atoms with Crippen molar-refractivity contribution in [1.29, 1.82) is 0 Å². The molecule has 0 aliphatic carbocycles. The zero-order valence-electron chi connectivity index (χ0n) is 37.1. The van der Waals surface area contributed by atoms with Gasteiger partial charge in [0.2, 0.25) is 0 Å². The molecule has 350 valence electrons. The molecule has 2 atom stereocenters. The van der Waals surface area contributed by atoms with E-state index in [2.05, 4.69) is 0 Å². The molecule has 6 rings (SSSR count). The summed E-state index contributed by atoms with van der Waals surface area (Å²) in [6.07, 6.45) is -1.85. The second-order valence-electron chi connectivity index (χ2n) is 15.7. The number of esters is 2. The minimum atomic E-state index is -3.72. The molecule has 6 aromatic rings. The summed E-state index contributed by atoms with van der Waals surface area (Å²) < 4.78 is 23.5. The van der Waals surface area contributed by atoms with Crippen molar-refractivity contribution in [1.82, 2.24) is 0 Å². The van der Waals surface area contributed by atoms with Crippen molar-refractivity contribution in [3.8, 4) is 11.5 Å². The van der Waals surface area contributed by atoms with Crippen LogP contribution >= 0.6 is 23.2 Å². The van der Waals surface area contributed by atoms with Crippen LogP contribution in [0.5, 0.6) is 11.5 Å². The van der Waals surface area contributed by atoms with Crippen LogP contribution in [0.15, 0.2) is 158 Å². The zero-order chi connectivity index (χ0) is 48.8. The highest BCUT2D eigenvalue weighted by atomic mass is 35.5. The molecule has 2 unspecified atom stereocenters. The third-order valence-electron chi connectivity index (χ3n) is 11.7. The Hall–Kier alpha value is -7.28. The summed E-state index contributed by atoms with van der Waals surface area (Å²) in [5.74, 6) is -13.2. The van der Waals surface area contributed by atoms with Gasteiger partial charge in [0.15, 0.2) is 22.4 Å². The molecule has 6 aromatic carbocycles. The Morgan fingerprint density at radius 3 is 1.16 bits per heavy atom. The molecular weight excluding hydrogens is 911 g/mol. The van der Waals surface area contributed by atoms with Gasteiger partial charge in [0, 0.05) is 34.7 Å². The minimum absolute atomic E-state index is 0.0307. The predicted molar refractivity (Wildman–Crippen MR) is 254 cm³/mol. The number of aliphatic carboxylic acids is 2. The molecule has 14 heteroatoms. The third-order valence-corrected chi connectivity index (χ3v) is 12.2.